The lowest BCUT2D eigenvalue weighted by molar-refractivity contribution is -0.119. The van der Waals surface area contributed by atoms with Crippen LogP contribution in [0.25, 0.3) is 0 Å². The highest BCUT2D eigenvalue weighted by molar-refractivity contribution is 7.89. The van der Waals surface area contributed by atoms with Gasteiger partial charge in [-0.1, -0.05) is 12.1 Å². The van der Waals surface area contributed by atoms with Gasteiger partial charge in [0, 0.05) is 18.8 Å². The number of phenols is 1. The first-order chi connectivity index (χ1) is 14.3. The summed E-state index contributed by atoms with van der Waals surface area (Å²) in [6, 6.07) is 10.2. The van der Waals surface area contributed by atoms with Crippen LogP contribution < -0.4 is 10.1 Å². The van der Waals surface area contributed by atoms with Gasteiger partial charge in [0.2, 0.25) is 10.0 Å². The summed E-state index contributed by atoms with van der Waals surface area (Å²) < 4.78 is 36.5. The molecule has 9 nitrogen and oxygen atoms in total. The van der Waals surface area contributed by atoms with Crippen molar-refractivity contribution >= 4 is 27.6 Å². The first-order valence-electron chi connectivity index (χ1n) is 9.26. The second-order valence-electron chi connectivity index (χ2n) is 6.62. The monoisotopic (exact) mass is 434 g/mol. The third-order valence-corrected chi connectivity index (χ3v) is 6.49. The molecule has 1 aliphatic heterocycles. The number of nitrogens with zero attached hydrogens (tertiary/aromatic N) is 1. The molecule has 2 aromatic carbocycles. The number of methoxy groups -OCH3 is 1. The summed E-state index contributed by atoms with van der Waals surface area (Å²) in [7, 11) is -2.27. The number of aromatic hydroxyl groups is 1. The van der Waals surface area contributed by atoms with Crippen LogP contribution in [0.1, 0.15) is 23.2 Å². The van der Waals surface area contributed by atoms with E-state index in [1.54, 1.807) is 0 Å². The van der Waals surface area contributed by atoms with Gasteiger partial charge in [-0.2, -0.15) is 4.31 Å². The van der Waals surface area contributed by atoms with Gasteiger partial charge in [0.25, 0.3) is 5.91 Å². The molecular weight excluding hydrogens is 412 g/mol. The number of anilines is 1. The third kappa shape index (κ3) is 4.71. The van der Waals surface area contributed by atoms with Crippen molar-refractivity contribution in [2.24, 2.45) is 0 Å². The van der Waals surface area contributed by atoms with Crippen LogP contribution in [0.3, 0.4) is 0 Å². The molecule has 2 aromatic rings. The van der Waals surface area contributed by atoms with Crippen molar-refractivity contribution in [3.05, 3.63) is 48.0 Å². The van der Waals surface area contributed by atoms with Crippen molar-refractivity contribution in [2.45, 2.75) is 17.7 Å². The molecule has 1 saturated heterocycles. The normalized spacial score (nSPS) is 14.3. The number of para-hydroxylation sites is 1. The van der Waals surface area contributed by atoms with Crippen molar-refractivity contribution in [1.29, 1.82) is 0 Å². The molecular formula is C20H22N2O7S. The predicted molar refractivity (Wildman–Crippen MR) is 108 cm³/mol. The Morgan fingerprint density at radius 3 is 2.53 bits per heavy atom. The van der Waals surface area contributed by atoms with Gasteiger partial charge in [0.15, 0.2) is 18.1 Å². The van der Waals surface area contributed by atoms with E-state index in [0.717, 1.165) is 12.8 Å². The average molecular weight is 434 g/mol. The fourth-order valence-electron chi connectivity index (χ4n) is 3.07. The number of amides is 1. The number of benzene rings is 2. The molecule has 0 atom stereocenters. The zero-order valence-electron chi connectivity index (χ0n) is 16.3. The number of sulfonamides is 1. The molecule has 0 spiro atoms. The number of carbonyl (C=O) groups excluding carboxylic acids is 2. The smallest absolute Gasteiger partial charge is 0.342 e. The number of hydrogen-bond acceptors (Lipinski definition) is 7. The van der Waals surface area contributed by atoms with E-state index in [9.17, 15) is 23.1 Å². The van der Waals surface area contributed by atoms with Crippen LogP contribution in [0, 0.1) is 0 Å². The molecule has 0 unspecified atom stereocenters. The number of rotatable bonds is 7. The van der Waals surface area contributed by atoms with Crippen molar-refractivity contribution in [3.63, 3.8) is 0 Å². The lowest BCUT2D eigenvalue weighted by atomic mass is 10.2. The first-order valence-corrected chi connectivity index (χ1v) is 10.7. The number of esters is 1. The van der Waals surface area contributed by atoms with E-state index in [2.05, 4.69) is 5.32 Å². The van der Waals surface area contributed by atoms with Crippen molar-refractivity contribution in [2.75, 3.05) is 32.1 Å². The molecule has 2 N–H and O–H groups in total. The molecule has 1 aliphatic rings. The van der Waals surface area contributed by atoms with Crippen LogP contribution in [0.2, 0.25) is 0 Å². The topological polar surface area (TPSA) is 122 Å². The summed E-state index contributed by atoms with van der Waals surface area (Å²) in [6.45, 7) is 0.344. The second-order valence-corrected chi connectivity index (χ2v) is 8.56. The molecule has 30 heavy (non-hydrogen) atoms. The molecule has 0 bridgehead atoms. The van der Waals surface area contributed by atoms with Crippen LogP contribution in [0.4, 0.5) is 5.69 Å². The van der Waals surface area contributed by atoms with E-state index >= 15 is 0 Å². The molecule has 160 valence electrons. The molecule has 0 radical (unpaired) electrons. The maximum Gasteiger partial charge on any atom is 0.342 e. The summed E-state index contributed by atoms with van der Waals surface area (Å²) in [4.78, 5) is 24.3. The van der Waals surface area contributed by atoms with Crippen LogP contribution >= 0.6 is 0 Å². The highest BCUT2D eigenvalue weighted by Gasteiger charge is 2.27. The minimum atomic E-state index is -3.61. The van der Waals surface area contributed by atoms with Gasteiger partial charge in [-0.3, -0.25) is 4.79 Å². The quantitative estimate of drug-likeness (QED) is 0.639. The molecule has 0 aliphatic carbocycles. The van der Waals surface area contributed by atoms with Gasteiger partial charge in [0.1, 0.15) is 5.56 Å². The lowest BCUT2D eigenvalue weighted by Gasteiger charge is -2.16. The van der Waals surface area contributed by atoms with Gasteiger partial charge in [-0.05, 0) is 43.2 Å². The van der Waals surface area contributed by atoms with E-state index in [1.807, 2.05) is 0 Å². The van der Waals surface area contributed by atoms with Gasteiger partial charge < -0.3 is 19.9 Å². The zero-order chi connectivity index (χ0) is 21.7. The Balaban J connectivity index is 1.62. The maximum atomic E-state index is 12.6. The fraction of sp³-hybridized carbons (Fsp3) is 0.300. The molecule has 1 heterocycles. The third-order valence-electron chi connectivity index (χ3n) is 4.59. The molecule has 1 amide bonds. The van der Waals surface area contributed by atoms with Crippen molar-refractivity contribution in [1.82, 2.24) is 4.31 Å². The summed E-state index contributed by atoms with van der Waals surface area (Å²) in [6.07, 6.45) is 1.65. The second kappa shape index (κ2) is 9.14. The Hall–Kier alpha value is -3.11. The van der Waals surface area contributed by atoms with Gasteiger partial charge in [-0.25, -0.2) is 13.2 Å². The lowest BCUT2D eigenvalue weighted by Crippen LogP contribution is -2.28. The fourth-order valence-corrected chi connectivity index (χ4v) is 4.63. The van der Waals surface area contributed by atoms with Crippen LogP contribution in [0.5, 0.6) is 11.5 Å². The number of phenolic OH excluding ortho intramolecular Hbond substituents is 1. The Bertz CT molecular complexity index is 1050. The Morgan fingerprint density at radius 1 is 1.13 bits per heavy atom. The highest BCUT2D eigenvalue weighted by atomic mass is 32.2. The first kappa shape index (κ1) is 21.6. The van der Waals surface area contributed by atoms with E-state index in [4.69, 9.17) is 9.47 Å². The van der Waals surface area contributed by atoms with E-state index < -0.39 is 28.5 Å². The summed E-state index contributed by atoms with van der Waals surface area (Å²) in [5, 5.41) is 12.5. The summed E-state index contributed by atoms with van der Waals surface area (Å²) in [5.74, 6) is -1.83. The van der Waals surface area contributed by atoms with Crippen LogP contribution in [-0.2, 0) is 19.6 Å². The van der Waals surface area contributed by atoms with Crippen molar-refractivity contribution < 1.29 is 32.6 Å². The predicted octanol–water partition coefficient (Wildman–Crippen LogP) is 1.98. The summed E-state index contributed by atoms with van der Waals surface area (Å²) in [5.41, 5.74) is 0.126. The SMILES string of the molecule is COc1cccc(C(=O)OCC(=O)Nc2cccc(S(=O)(=O)N3CCCC3)c2)c1O. The molecule has 0 saturated carbocycles. The van der Waals surface area contributed by atoms with E-state index in [-0.39, 0.29) is 27.6 Å². The van der Waals surface area contributed by atoms with Crippen LogP contribution in [0.15, 0.2) is 47.4 Å². The van der Waals surface area contributed by atoms with Gasteiger partial charge in [-0.15, -0.1) is 0 Å². The standard InChI is InChI=1S/C20H22N2O7S/c1-28-17-9-5-8-16(19(17)24)20(25)29-13-18(23)21-14-6-4-7-15(12-14)30(26,27)22-10-2-3-11-22/h4-9,12,24H,2-3,10-11,13H2,1H3,(H,21,23). The molecule has 3 rings (SSSR count). The number of nitrogens with one attached hydrogen (secondary N) is 1. The van der Waals surface area contributed by atoms with Gasteiger partial charge >= 0.3 is 5.97 Å². The average Bonchev–Trinajstić information content (AvgIpc) is 3.28. The Morgan fingerprint density at radius 2 is 1.83 bits per heavy atom. The highest BCUT2D eigenvalue weighted by Crippen LogP contribution is 2.29. The Labute approximate surface area is 174 Å². The zero-order valence-corrected chi connectivity index (χ0v) is 17.1. The molecule has 0 aromatic heterocycles. The largest absolute Gasteiger partial charge is 0.504 e. The number of carbonyl (C=O) groups is 2. The minimum absolute atomic E-state index is 0.0838. The summed E-state index contributed by atoms with van der Waals surface area (Å²) >= 11 is 0. The van der Waals surface area contributed by atoms with E-state index in [1.165, 1.54) is 53.9 Å². The van der Waals surface area contributed by atoms with E-state index in [0.29, 0.717) is 13.1 Å². The Kier molecular flexibility index (Phi) is 6.58. The van der Waals surface area contributed by atoms with Crippen LogP contribution in [-0.4, -0.2) is 56.5 Å². The van der Waals surface area contributed by atoms with Gasteiger partial charge in [0.05, 0.1) is 12.0 Å². The number of ether oxygens (including phenoxy) is 2. The maximum absolute atomic E-state index is 12.6. The van der Waals surface area contributed by atoms with Crippen molar-refractivity contribution in [3.8, 4) is 11.5 Å². The number of hydrogen-bond donors (Lipinski definition) is 2. The molecule has 10 heteroatoms. The minimum Gasteiger partial charge on any atom is -0.504 e. The molecule has 1 fully saturated rings.